The second kappa shape index (κ2) is 3.45. The highest BCUT2D eigenvalue weighted by Crippen LogP contribution is 2.42. The molecule has 16 heavy (non-hydrogen) atoms. The lowest BCUT2D eigenvalue weighted by molar-refractivity contribution is -0.166. The molecule has 2 N–H and O–H groups in total. The van der Waals surface area contributed by atoms with Crippen molar-refractivity contribution in [2.45, 2.75) is 25.9 Å². The molecule has 5 nitrogen and oxygen atoms in total. The van der Waals surface area contributed by atoms with Crippen molar-refractivity contribution >= 4 is 11.9 Å². The third-order valence-corrected chi connectivity index (χ3v) is 3.74. The second-order valence-electron chi connectivity index (χ2n) is 5.24. The highest BCUT2D eigenvalue weighted by molar-refractivity contribution is 5.90. The molecule has 2 atom stereocenters. The number of aliphatic hydroxyl groups is 1. The van der Waals surface area contributed by atoms with Crippen LogP contribution in [-0.2, 0) is 9.59 Å². The Morgan fingerprint density at radius 2 is 1.88 bits per heavy atom. The number of hydrogen-bond donors (Lipinski definition) is 2. The zero-order valence-corrected chi connectivity index (χ0v) is 9.51. The molecule has 1 saturated heterocycles. The lowest BCUT2D eigenvalue weighted by Crippen LogP contribution is -2.66. The number of carboxylic acids is 1. The van der Waals surface area contributed by atoms with Crippen LogP contribution in [0, 0.1) is 17.8 Å². The number of aliphatic carboxylic acids is 1. The van der Waals surface area contributed by atoms with E-state index in [9.17, 15) is 14.7 Å². The van der Waals surface area contributed by atoms with Gasteiger partial charge in [0.25, 0.3) is 0 Å². The number of carbonyl (C=O) groups is 2. The van der Waals surface area contributed by atoms with Gasteiger partial charge in [0.2, 0.25) is 5.91 Å². The molecule has 0 spiro atoms. The average Bonchev–Trinajstić information content (AvgIpc) is 2.90. The third-order valence-electron chi connectivity index (χ3n) is 3.74. The van der Waals surface area contributed by atoms with Gasteiger partial charge in [-0.2, -0.15) is 0 Å². The summed E-state index contributed by atoms with van der Waals surface area (Å²) in [7, 11) is 0. The molecular formula is C11H17NO4. The van der Waals surface area contributed by atoms with Gasteiger partial charge in [-0.05, 0) is 12.3 Å². The Labute approximate surface area is 94.0 Å². The molecule has 2 fully saturated rings. The molecular weight excluding hydrogens is 210 g/mol. The zero-order valence-electron chi connectivity index (χ0n) is 9.51. The van der Waals surface area contributed by atoms with Crippen LogP contribution in [0.15, 0.2) is 0 Å². The maximum atomic E-state index is 11.8. The Bertz CT molecular complexity index is 333. The number of carboxylic acid groups (broad SMARTS) is 1. The Morgan fingerprint density at radius 3 is 2.25 bits per heavy atom. The lowest BCUT2D eigenvalue weighted by atomic mass is 9.83. The summed E-state index contributed by atoms with van der Waals surface area (Å²) in [6.07, 6.45) is 0.449. The molecule has 0 bridgehead atoms. The van der Waals surface area contributed by atoms with E-state index in [1.54, 1.807) is 4.90 Å². The Morgan fingerprint density at radius 1 is 1.31 bits per heavy atom. The quantitative estimate of drug-likeness (QED) is 0.708. The summed E-state index contributed by atoms with van der Waals surface area (Å²) in [5, 5.41) is 18.7. The fourth-order valence-electron chi connectivity index (χ4n) is 2.11. The molecule has 90 valence electrons. The number of amides is 1. The first-order valence-corrected chi connectivity index (χ1v) is 5.59. The minimum absolute atomic E-state index is 0.113. The van der Waals surface area contributed by atoms with E-state index in [2.05, 4.69) is 0 Å². The zero-order chi connectivity index (χ0) is 12.1. The van der Waals surface area contributed by atoms with Gasteiger partial charge < -0.3 is 15.1 Å². The number of likely N-dealkylation sites (tertiary alicyclic amines) is 1. The van der Waals surface area contributed by atoms with Crippen molar-refractivity contribution in [3.05, 3.63) is 0 Å². The van der Waals surface area contributed by atoms with Crippen molar-refractivity contribution in [2.75, 3.05) is 13.1 Å². The SMILES string of the molecule is CC(C)C1(O)CN(C(=O)[C@@H]2C[C@@H]2C(=O)O)C1. The molecule has 1 aliphatic heterocycles. The van der Waals surface area contributed by atoms with E-state index in [0.717, 1.165) is 0 Å². The van der Waals surface area contributed by atoms with Crippen LogP contribution in [0.5, 0.6) is 0 Å². The van der Waals surface area contributed by atoms with Crippen molar-refractivity contribution in [3.8, 4) is 0 Å². The van der Waals surface area contributed by atoms with E-state index in [1.165, 1.54) is 0 Å². The van der Waals surface area contributed by atoms with Gasteiger partial charge in [-0.25, -0.2) is 0 Å². The fraction of sp³-hybridized carbons (Fsp3) is 0.818. The summed E-state index contributed by atoms with van der Waals surface area (Å²) in [6.45, 7) is 4.51. The van der Waals surface area contributed by atoms with Crippen LogP contribution in [0.1, 0.15) is 20.3 Å². The minimum atomic E-state index is -0.891. The van der Waals surface area contributed by atoms with Crippen LogP contribution in [0.3, 0.4) is 0 Å². The average molecular weight is 227 g/mol. The first-order valence-electron chi connectivity index (χ1n) is 5.59. The summed E-state index contributed by atoms with van der Waals surface area (Å²) in [5.74, 6) is -1.74. The fourth-order valence-corrected chi connectivity index (χ4v) is 2.11. The molecule has 1 heterocycles. The third kappa shape index (κ3) is 1.69. The first-order chi connectivity index (χ1) is 7.35. The van der Waals surface area contributed by atoms with Crippen LogP contribution < -0.4 is 0 Å². The van der Waals surface area contributed by atoms with Crippen LogP contribution in [0.25, 0.3) is 0 Å². The number of rotatable bonds is 3. The highest BCUT2D eigenvalue weighted by atomic mass is 16.4. The smallest absolute Gasteiger partial charge is 0.307 e. The van der Waals surface area contributed by atoms with E-state index in [0.29, 0.717) is 19.5 Å². The first kappa shape index (κ1) is 11.4. The van der Waals surface area contributed by atoms with Crippen molar-refractivity contribution in [1.29, 1.82) is 0 Å². The standard InChI is InChI=1S/C11H17NO4/c1-6(2)11(16)4-12(5-11)9(13)7-3-8(7)10(14)15/h6-8,16H,3-5H2,1-2H3,(H,14,15)/t7-,8+/m1/s1. The van der Waals surface area contributed by atoms with Crippen molar-refractivity contribution in [2.24, 2.45) is 17.8 Å². The maximum Gasteiger partial charge on any atom is 0.307 e. The molecule has 1 saturated carbocycles. The second-order valence-corrected chi connectivity index (χ2v) is 5.24. The number of nitrogens with zero attached hydrogens (tertiary/aromatic N) is 1. The van der Waals surface area contributed by atoms with E-state index < -0.39 is 17.5 Å². The molecule has 0 unspecified atom stereocenters. The molecule has 1 amide bonds. The highest BCUT2D eigenvalue weighted by Gasteiger charge is 2.54. The molecule has 0 aromatic carbocycles. The molecule has 1 aliphatic carbocycles. The number of β-amino-alcohol motifs (C(OH)–C–C–N with tert-alkyl or cyclic N) is 1. The van der Waals surface area contributed by atoms with Gasteiger partial charge in [0.15, 0.2) is 0 Å². The van der Waals surface area contributed by atoms with E-state index in [-0.39, 0.29) is 17.7 Å². The summed E-state index contributed by atoms with van der Waals surface area (Å²) in [6, 6.07) is 0. The van der Waals surface area contributed by atoms with E-state index in [4.69, 9.17) is 5.11 Å². The largest absolute Gasteiger partial charge is 0.481 e. The Balaban J connectivity index is 1.85. The molecule has 0 radical (unpaired) electrons. The number of hydrogen-bond acceptors (Lipinski definition) is 3. The van der Waals surface area contributed by atoms with E-state index >= 15 is 0 Å². The monoisotopic (exact) mass is 227 g/mol. The predicted molar refractivity (Wildman–Crippen MR) is 55.6 cm³/mol. The maximum absolute atomic E-state index is 11.8. The minimum Gasteiger partial charge on any atom is -0.481 e. The van der Waals surface area contributed by atoms with Crippen LogP contribution >= 0.6 is 0 Å². The van der Waals surface area contributed by atoms with Gasteiger partial charge in [0.1, 0.15) is 5.60 Å². The molecule has 2 aliphatic rings. The Hall–Kier alpha value is -1.10. The summed E-state index contributed by atoms with van der Waals surface area (Å²) in [5.41, 5.74) is -0.775. The van der Waals surface area contributed by atoms with Gasteiger partial charge in [-0.1, -0.05) is 13.8 Å². The van der Waals surface area contributed by atoms with Crippen LogP contribution in [0.2, 0.25) is 0 Å². The number of carbonyl (C=O) groups excluding carboxylic acids is 1. The lowest BCUT2D eigenvalue weighted by Gasteiger charge is -2.49. The normalized spacial score (nSPS) is 31.1. The molecule has 5 heteroatoms. The van der Waals surface area contributed by atoms with Gasteiger partial charge in [-0.15, -0.1) is 0 Å². The summed E-state index contributed by atoms with van der Waals surface area (Å²) in [4.78, 5) is 23.9. The van der Waals surface area contributed by atoms with Gasteiger partial charge in [-0.3, -0.25) is 9.59 Å². The van der Waals surface area contributed by atoms with Crippen LogP contribution in [-0.4, -0.2) is 45.7 Å². The van der Waals surface area contributed by atoms with E-state index in [1.807, 2.05) is 13.8 Å². The molecule has 0 aromatic rings. The van der Waals surface area contributed by atoms with Crippen molar-refractivity contribution < 1.29 is 19.8 Å². The van der Waals surface area contributed by atoms with Gasteiger partial charge in [0.05, 0.1) is 24.9 Å². The van der Waals surface area contributed by atoms with Gasteiger partial charge in [0, 0.05) is 0 Å². The Kier molecular flexibility index (Phi) is 2.45. The van der Waals surface area contributed by atoms with Crippen molar-refractivity contribution in [1.82, 2.24) is 4.90 Å². The predicted octanol–water partition coefficient (Wildman–Crippen LogP) is -0.0636. The summed E-state index contributed by atoms with van der Waals surface area (Å²) >= 11 is 0. The van der Waals surface area contributed by atoms with Crippen molar-refractivity contribution in [3.63, 3.8) is 0 Å². The van der Waals surface area contributed by atoms with Gasteiger partial charge >= 0.3 is 5.97 Å². The molecule has 0 aromatic heterocycles. The van der Waals surface area contributed by atoms with Crippen LogP contribution in [0.4, 0.5) is 0 Å². The summed E-state index contributed by atoms with van der Waals surface area (Å²) < 4.78 is 0. The topological polar surface area (TPSA) is 77.8 Å². The molecule has 2 rings (SSSR count).